The summed E-state index contributed by atoms with van der Waals surface area (Å²) in [7, 11) is 3.91. The summed E-state index contributed by atoms with van der Waals surface area (Å²) in [6.07, 6.45) is 0.767. The summed E-state index contributed by atoms with van der Waals surface area (Å²) >= 11 is 3.26. The Balaban J connectivity index is 2.61. The van der Waals surface area contributed by atoms with Gasteiger partial charge in [-0.05, 0) is 27.2 Å². The van der Waals surface area contributed by atoms with Crippen molar-refractivity contribution in [1.82, 2.24) is 15.5 Å². The summed E-state index contributed by atoms with van der Waals surface area (Å²) in [5.74, 6) is 0. The molecular formula is C13H23N5S2. The molecule has 1 aromatic heterocycles. The second-order valence-corrected chi connectivity index (χ2v) is 8.26. The second-order valence-electron chi connectivity index (χ2n) is 5.62. The maximum absolute atomic E-state index is 9.37. The Labute approximate surface area is 129 Å². The minimum Gasteiger partial charge on any atom is -0.353 e. The van der Waals surface area contributed by atoms with Crippen LogP contribution in [0.25, 0.3) is 0 Å². The molecule has 0 saturated carbocycles. The van der Waals surface area contributed by atoms with Gasteiger partial charge in [0.05, 0.1) is 6.07 Å². The van der Waals surface area contributed by atoms with Gasteiger partial charge in [-0.25, -0.2) is 0 Å². The monoisotopic (exact) mass is 313 g/mol. The molecule has 0 aromatic carbocycles. The molecule has 1 heterocycles. The van der Waals surface area contributed by atoms with E-state index in [9.17, 15) is 5.26 Å². The zero-order valence-electron chi connectivity index (χ0n) is 13.0. The summed E-state index contributed by atoms with van der Waals surface area (Å²) in [5.41, 5.74) is -0.504. The molecule has 0 aliphatic rings. The third-order valence-corrected chi connectivity index (χ3v) is 4.91. The molecule has 1 rings (SSSR count). The van der Waals surface area contributed by atoms with Gasteiger partial charge in [-0.2, -0.15) is 5.26 Å². The van der Waals surface area contributed by atoms with E-state index in [0.29, 0.717) is 11.3 Å². The number of aromatic nitrogens is 2. The van der Waals surface area contributed by atoms with Crippen LogP contribution in [0.2, 0.25) is 0 Å². The molecule has 2 unspecified atom stereocenters. The maximum atomic E-state index is 9.37. The van der Waals surface area contributed by atoms with Crippen molar-refractivity contribution >= 4 is 28.2 Å². The zero-order chi connectivity index (χ0) is 15.3. The van der Waals surface area contributed by atoms with Gasteiger partial charge in [0.2, 0.25) is 5.13 Å². The molecule has 0 spiro atoms. The molecule has 0 radical (unpaired) electrons. The Bertz CT molecular complexity index is 466. The van der Waals surface area contributed by atoms with Gasteiger partial charge in [-0.3, -0.25) is 5.32 Å². The van der Waals surface area contributed by atoms with Crippen molar-refractivity contribution in [2.24, 2.45) is 0 Å². The van der Waals surface area contributed by atoms with Crippen molar-refractivity contribution in [3.8, 4) is 6.07 Å². The van der Waals surface area contributed by atoms with Gasteiger partial charge in [-0.1, -0.05) is 30.0 Å². The van der Waals surface area contributed by atoms with E-state index in [2.05, 4.69) is 42.4 Å². The van der Waals surface area contributed by atoms with Crippen LogP contribution in [0.3, 0.4) is 0 Å². The first-order valence-electron chi connectivity index (χ1n) is 6.62. The first-order valence-corrected chi connectivity index (χ1v) is 8.32. The summed E-state index contributed by atoms with van der Waals surface area (Å²) in [5, 5.41) is 22.2. The van der Waals surface area contributed by atoms with Gasteiger partial charge in [0.15, 0.2) is 4.34 Å². The van der Waals surface area contributed by atoms with E-state index in [1.807, 2.05) is 25.9 Å². The lowest BCUT2D eigenvalue weighted by atomic mass is 9.97. The van der Waals surface area contributed by atoms with Crippen LogP contribution in [-0.4, -0.2) is 41.1 Å². The Hall–Kier alpha value is -0.840. The van der Waals surface area contributed by atoms with Crippen LogP contribution in [0.5, 0.6) is 0 Å². The quantitative estimate of drug-likeness (QED) is 0.781. The molecule has 0 fully saturated rings. The first kappa shape index (κ1) is 17.2. The smallest absolute Gasteiger partial charge is 0.208 e. The third-order valence-electron chi connectivity index (χ3n) is 2.63. The predicted molar refractivity (Wildman–Crippen MR) is 86.5 cm³/mol. The van der Waals surface area contributed by atoms with Crippen molar-refractivity contribution in [3.63, 3.8) is 0 Å². The molecule has 5 nitrogen and oxygen atoms in total. The lowest BCUT2D eigenvalue weighted by molar-refractivity contribution is 0.382. The fourth-order valence-corrected chi connectivity index (χ4v) is 4.25. The second kappa shape index (κ2) is 7.25. The highest BCUT2D eigenvalue weighted by atomic mass is 32.2. The van der Waals surface area contributed by atoms with Crippen LogP contribution >= 0.6 is 23.1 Å². The minimum atomic E-state index is -0.504. The van der Waals surface area contributed by atoms with E-state index in [1.54, 1.807) is 23.1 Å². The van der Waals surface area contributed by atoms with Gasteiger partial charge in [0.1, 0.15) is 5.54 Å². The molecule has 1 N–H and O–H groups in total. The van der Waals surface area contributed by atoms with Crippen molar-refractivity contribution in [2.75, 3.05) is 19.0 Å². The van der Waals surface area contributed by atoms with Crippen LogP contribution in [0.15, 0.2) is 4.34 Å². The zero-order valence-corrected chi connectivity index (χ0v) is 14.6. The minimum absolute atomic E-state index is 0.290. The highest BCUT2D eigenvalue weighted by Gasteiger charge is 2.27. The van der Waals surface area contributed by atoms with Crippen molar-refractivity contribution in [3.05, 3.63) is 0 Å². The molecule has 0 bridgehead atoms. The molecule has 0 amide bonds. The van der Waals surface area contributed by atoms with Crippen LogP contribution in [-0.2, 0) is 0 Å². The summed E-state index contributed by atoms with van der Waals surface area (Å²) in [6.45, 7) is 8.19. The normalized spacial score (nSPS) is 15.7. The fraction of sp³-hybridized carbons (Fsp3) is 0.769. The van der Waals surface area contributed by atoms with Crippen LogP contribution in [0.4, 0.5) is 5.13 Å². The number of nitrogens with zero attached hydrogens (tertiary/aromatic N) is 4. The van der Waals surface area contributed by atoms with E-state index < -0.39 is 5.54 Å². The summed E-state index contributed by atoms with van der Waals surface area (Å²) in [4.78, 5) is 1.95. The lowest BCUT2D eigenvalue weighted by Gasteiger charge is -2.28. The SMILES string of the molecule is CC(C)NC(C)(C#N)CC(C)Sc1nnc(N(C)C)s1. The Morgan fingerprint density at radius 1 is 1.40 bits per heavy atom. The molecule has 112 valence electrons. The van der Waals surface area contributed by atoms with Crippen LogP contribution < -0.4 is 10.2 Å². The molecule has 0 aliphatic carbocycles. The van der Waals surface area contributed by atoms with Crippen LogP contribution in [0, 0.1) is 11.3 Å². The van der Waals surface area contributed by atoms with E-state index >= 15 is 0 Å². The van der Waals surface area contributed by atoms with E-state index in [1.165, 1.54) is 0 Å². The topological polar surface area (TPSA) is 64.8 Å². The highest BCUT2D eigenvalue weighted by molar-refractivity contribution is 8.01. The Kier molecular flexibility index (Phi) is 6.24. The van der Waals surface area contributed by atoms with Gasteiger partial charge in [-0.15, -0.1) is 10.2 Å². The molecule has 1 aromatic rings. The Morgan fingerprint density at radius 2 is 2.05 bits per heavy atom. The fourth-order valence-electron chi connectivity index (χ4n) is 1.99. The Morgan fingerprint density at radius 3 is 2.50 bits per heavy atom. The van der Waals surface area contributed by atoms with E-state index in [0.717, 1.165) is 15.9 Å². The van der Waals surface area contributed by atoms with Gasteiger partial charge in [0.25, 0.3) is 0 Å². The molecular weight excluding hydrogens is 290 g/mol. The largest absolute Gasteiger partial charge is 0.353 e. The van der Waals surface area contributed by atoms with Crippen molar-refractivity contribution < 1.29 is 0 Å². The van der Waals surface area contributed by atoms with Gasteiger partial charge in [0, 0.05) is 25.4 Å². The number of hydrogen-bond donors (Lipinski definition) is 1. The standard InChI is InChI=1S/C13H23N5S2/c1-9(2)15-13(4,8-14)7-10(3)19-12-17-16-11(20-12)18(5)6/h9-10,15H,7H2,1-6H3. The number of rotatable bonds is 7. The predicted octanol–water partition coefficient (Wildman–Crippen LogP) is 2.76. The van der Waals surface area contributed by atoms with Crippen molar-refractivity contribution in [1.29, 1.82) is 5.26 Å². The average Bonchev–Trinajstić information content (AvgIpc) is 2.76. The highest BCUT2D eigenvalue weighted by Crippen LogP contribution is 2.33. The number of thioether (sulfide) groups is 1. The number of nitrogens with one attached hydrogen (secondary N) is 1. The average molecular weight is 313 g/mol. The van der Waals surface area contributed by atoms with Gasteiger partial charge < -0.3 is 4.90 Å². The third kappa shape index (κ3) is 5.27. The summed E-state index contributed by atoms with van der Waals surface area (Å²) < 4.78 is 0.950. The molecule has 0 saturated heterocycles. The molecule has 20 heavy (non-hydrogen) atoms. The first-order chi connectivity index (χ1) is 9.25. The van der Waals surface area contributed by atoms with Crippen molar-refractivity contribution in [2.45, 2.75) is 55.3 Å². The molecule has 2 atom stereocenters. The van der Waals surface area contributed by atoms with Gasteiger partial charge >= 0.3 is 0 Å². The summed E-state index contributed by atoms with van der Waals surface area (Å²) in [6, 6.07) is 2.68. The van der Waals surface area contributed by atoms with E-state index in [-0.39, 0.29) is 0 Å². The number of hydrogen-bond acceptors (Lipinski definition) is 7. The number of nitriles is 1. The lowest BCUT2D eigenvalue weighted by Crippen LogP contribution is -2.46. The number of anilines is 1. The van der Waals surface area contributed by atoms with Crippen LogP contribution in [0.1, 0.15) is 34.1 Å². The van der Waals surface area contributed by atoms with E-state index in [4.69, 9.17) is 0 Å². The molecule has 7 heteroatoms. The molecule has 0 aliphatic heterocycles. The maximum Gasteiger partial charge on any atom is 0.208 e.